The highest BCUT2D eigenvalue weighted by atomic mass is 35.5. The highest BCUT2D eigenvalue weighted by Crippen LogP contribution is 2.37. The average molecular weight is 323 g/mol. The van der Waals surface area contributed by atoms with Crippen LogP contribution in [-0.2, 0) is 0 Å². The molecule has 3 rings (SSSR count). The van der Waals surface area contributed by atoms with E-state index in [0.717, 1.165) is 16.3 Å². The Bertz CT molecular complexity index is 723. The van der Waals surface area contributed by atoms with E-state index >= 15 is 0 Å². The van der Waals surface area contributed by atoms with Crippen LogP contribution >= 0.6 is 23.4 Å². The van der Waals surface area contributed by atoms with Crippen LogP contribution in [0.25, 0.3) is 0 Å². The fourth-order valence-corrected chi connectivity index (χ4v) is 3.40. The Morgan fingerprint density at radius 1 is 1.29 bits per heavy atom. The van der Waals surface area contributed by atoms with Crippen LogP contribution in [0.5, 0.6) is 0 Å². The maximum absolute atomic E-state index is 13.9. The monoisotopic (exact) mass is 322 g/mol. The molecule has 0 aromatic heterocycles. The van der Waals surface area contributed by atoms with Crippen LogP contribution in [0.15, 0.2) is 41.3 Å². The number of amides is 1. The number of nitrogens with zero attached hydrogens (tertiary/aromatic N) is 1. The fourth-order valence-electron chi connectivity index (χ4n) is 2.25. The predicted octanol–water partition coefficient (Wildman–Crippen LogP) is 3.81. The predicted molar refractivity (Wildman–Crippen MR) is 84.7 cm³/mol. The number of fused-ring (bicyclic) bond motifs is 1. The first-order chi connectivity index (χ1) is 10.1. The van der Waals surface area contributed by atoms with Crippen molar-refractivity contribution in [3.05, 3.63) is 52.8 Å². The summed E-state index contributed by atoms with van der Waals surface area (Å²) in [5.74, 6) is -0.222. The van der Waals surface area contributed by atoms with Gasteiger partial charge in [-0.1, -0.05) is 11.6 Å². The summed E-state index contributed by atoms with van der Waals surface area (Å²) in [4.78, 5) is 15.1. The van der Waals surface area contributed by atoms with Gasteiger partial charge in [0.15, 0.2) is 0 Å². The van der Waals surface area contributed by atoms with E-state index in [2.05, 4.69) is 0 Å². The Labute approximate surface area is 130 Å². The number of hydrogen-bond donors (Lipinski definition) is 1. The molecule has 0 radical (unpaired) electrons. The van der Waals surface area contributed by atoms with Gasteiger partial charge in [-0.05, 0) is 36.4 Å². The lowest BCUT2D eigenvalue weighted by molar-refractivity contribution is 0.0984. The summed E-state index contributed by atoms with van der Waals surface area (Å²) in [5, 5.41) is 0.332. The molecule has 0 bridgehead atoms. The van der Waals surface area contributed by atoms with E-state index in [1.165, 1.54) is 18.2 Å². The van der Waals surface area contributed by atoms with Gasteiger partial charge in [0.1, 0.15) is 5.82 Å². The molecule has 2 aromatic rings. The number of nitrogens with two attached hydrogens (primary N) is 1. The number of halogens is 2. The number of nitrogen functional groups attached to an aromatic ring is 1. The van der Waals surface area contributed by atoms with Crippen molar-refractivity contribution in [3.8, 4) is 0 Å². The van der Waals surface area contributed by atoms with Gasteiger partial charge >= 0.3 is 0 Å². The molecule has 1 aliphatic rings. The van der Waals surface area contributed by atoms with Crippen LogP contribution in [0.4, 0.5) is 15.8 Å². The van der Waals surface area contributed by atoms with Crippen LogP contribution in [0.2, 0.25) is 5.02 Å². The molecule has 0 fully saturated rings. The van der Waals surface area contributed by atoms with Gasteiger partial charge in [0.05, 0.1) is 11.3 Å². The van der Waals surface area contributed by atoms with E-state index in [0.29, 0.717) is 17.3 Å². The SMILES string of the molecule is Nc1ccc2c(c1)N(C(=O)c1cc(Cl)ccc1F)CCS2. The molecule has 0 saturated carbocycles. The molecule has 0 saturated heterocycles. The second kappa shape index (κ2) is 5.58. The van der Waals surface area contributed by atoms with E-state index in [9.17, 15) is 9.18 Å². The molecule has 2 aromatic carbocycles. The van der Waals surface area contributed by atoms with Crippen LogP contribution < -0.4 is 10.6 Å². The van der Waals surface area contributed by atoms with Gasteiger partial charge in [-0.2, -0.15) is 0 Å². The summed E-state index contributed by atoms with van der Waals surface area (Å²) in [6.07, 6.45) is 0. The molecule has 1 heterocycles. The Hall–Kier alpha value is -1.72. The minimum Gasteiger partial charge on any atom is -0.399 e. The first-order valence-corrected chi connectivity index (χ1v) is 7.72. The zero-order valence-corrected chi connectivity index (χ0v) is 12.5. The summed E-state index contributed by atoms with van der Waals surface area (Å²) < 4.78 is 13.9. The summed E-state index contributed by atoms with van der Waals surface area (Å²) in [5.41, 5.74) is 7.06. The van der Waals surface area contributed by atoms with Crippen molar-refractivity contribution >= 4 is 40.6 Å². The molecule has 0 atom stereocenters. The normalized spacial score (nSPS) is 13.9. The van der Waals surface area contributed by atoms with E-state index < -0.39 is 11.7 Å². The Morgan fingerprint density at radius 2 is 2.10 bits per heavy atom. The van der Waals surface area contributed by atoms with Crippen LogP contribution in [0.1, 0.15) is 10.4 Å². The molecule has 2 N–H and O–H groups in total. The molecule has 3 nitrogen and oxygen atoms in total. The zero-order valence-electron chi connectivity index (χ0n) is 11.0. The third kappa shape index (κ3) is 2.71. The second-order valence-electron chi connectivity index (χ2n) is 4.66. The number of carbonyl (C=O) groups is 1. The summed E-state index contributed by atoms with van der Waals surface area (Å²) in [6, 6.07) is 9.39. The van der Waals surface area contributed by atoms with Gasteiger partial charge in [-0.15, -0.1) is 11.8 Å². The standard InChI is InChI=1S/C15H12ClFN2OS/c16-9-1-3-12(17)11(7-9)15(20)19-5-6-21-14-4-2-10(18)8-13(14)19/h1-4,7-8H,5-6,18H2. The number of hydrogen-bond acceptors (Lipinski definition) is 3. The highest BCUT2D eigenvalue weighted by Gasteiger charge is 2.26. The van der Waals surface area contributed by atoms with E-state index in [4.69, 9.17) is 17.3 Å². The first kappa shape index (κ1) is 14.2. The Balaban J connectivity index is 2.04. The van der Waals surface area contributed by atoms with E-state index in [-0.39, 0.29) is 5.56 Å². The first-order valence-electron chi connectivity index (χ1n) is 6.35. The largest absolute Gasteiger partial charge is 0.399 e. The number of benzene rings is 2. The van der Waals surface area contributed by atoms with Crippen LogP contribution in [-0.4, -0.2) is 18.2 Å². The second-order valence-corrected chi connectivity index (χ2v) is 6.23. The van der Waals surface area contributed by atoms with Gasteiger partial charge in [0, 0.05) is 27.9 Å². The lowest BCUT2D eigenvalue weighted by Gasteiger charge is -2.29. The molecular weight excluding hydrogens is 311 g/mol. The van der Waals surface area contributed by atoms with Gasteiger partial charge in [-0.3, -0.25) is 4.79 Å². The molecule has 1 amide bonds. The Morgan fingerprint density at radius 3 is 2.90 bits per heavy atom. The highest BCUT2D eigenvalue weighted by molar-refractivity contribution is 7.99. The number of rotatable bonds is 1. The lowest BCUT2D eigenvalue weighted by atomic mass is 10.1. The maximum atomic E-state index is 13.9. The molecule has 0 unspecified atom stereocenters. The topological polar surface area (TPSA) is 46.3 Å². The summed E-state index contributed by atoms with van der Waals surface area (Å²) in [7, 11) is 0. The van der Waals surface area contributed by atoms with Crippen molar-refractivity contribution < 1.29 is 9.18 Å². The van der Waals surface area contributed by atoms with Crippen molar-refractivity contribution in [3.63, 3.8) is 0 Å². The van der Waals surface area contributed by atoms with E-state index in [1.54, 1.807) is 28.8 Å². The molecule has 108 valence electrons. The zero-order chi connectivity index (χ0) is 15.0. The van der Waals surface area contributed by atoms with Gasteiger partial charge in [0.25, 0.3) is 5.91 Å². The average Bonchev–Trinajstić information content (AvgIpc) is 2.48. The van der Waals surface area contributed by atoms with Crippen molar-refractivity contribution in [1.82, 2.24) is 0 Å². The molecule has 0 spiro atoms. The molecular formula is C15H12ClFN2OS. The maximum Gasteiger partial charge on any atom is 0.261 e. The molecule has 1 aliphatic heterocycles. The van der Waals surface area contributed by atoms with Gasteiger partial charge in [0.2, 0.25) is 0 Å². The Kier molecular flexibility index (Phi) is 3.78. The van der Waals surface area contributed by atoms with Crippen molar-refractivity contribution in [2.45, 2.75) is 4.90 Å². The number of anilines is 2. The van der Waals surface area contributed by atoms with Crippen molar-refractivity contribution in [2.75, 3.05) is 22.9 Å². The summed E-state index contributed by atoms with van der Waals surface area (Å²) >= 11 is 7.52. The lowest BCUT2D eigenvalue weighted by Crippen LogP contribution is -2.36. The third-order valence-electron chi connectivity index (χ3n) is 3.25. The van der Waals surface area contributed by atoms with Crippen LogP contribution in [0.3, 0.4) is 0 Å². The third-order valence-corrected chi connectivity index (χ3v) is 4.53. The van der Waals surface area contributed by atoms with Gasteiger partial charge in [-0.25, -0.2) is 4.39 Å². The van der Waals surface area contributed by atoms with E-state index in [1.807, 2.05) is 6.07 Å². The molecule has 0 aliphatic carbocycles. The molecule has 6 heteroatoms. The number of carbonyl (C=O) groups excluding carboxylic acids is 1. The van der Waals surface area contributed by atoms with Crippen LogP contribution in [0, 0.1) is 5.82 Å². The smallest absolute Gasteiger partial charge is 0.261 e. The van der Waals surface area contributed by atoms with Crippen molar-refractivity contribution in [2.24, 2.45) is 0 Å². The molecule has 21 heavy (non-hydrogen) atoms. The van der Waals surface area contributed by atoms with Crippen molar-refractivity contribution in [1.29, 1.82) is 0 Å². The van der Waals surface area contributed by atoms with Gasteiger partial charge < -0.3 is 10.6 Å². The minimum atomic E-state index is -0.576. The quantitative estimate of drug-likeness (QED) is 0.812. The summed E-state index contributed by atoms with van der Waals surface area (Å²) in [6.45, 7) is 0.506. The minimum absolute atomic E-state index is 0.0252. The number of thioether (sulfide) groups is 1. The fraction of sp³-hybridized carbons (Fsp3) is 0.133.